The van der Waals surface area contributed by atoms with Crippen molar-refractivity contribution in [3.8, 4) is 11.5 Å². The van der Waals surface area contributed by atoms with Gasteiger partial charge in [-0.15, -0.1) is 0 Å². The Morgan fingerprint density at radius 1 is 1.06 bits per heavy atom. The smallest absolute Gasteiger partial charge is 0.253 e. The van der Waals surface area contributed by atoms with Crippen LogP contribution in [0.25, 0.3) is 0 Å². The number of hydrogen-bond donors (Lipinski definition) is 0. The van der Waals surface area contributed by atoms with Gasteiger partial charge in [0, 0.05) is 31.5 Å². The third-order valence-corrected chi connectivity index (χ3v) is 6.57. The van der Waals surface area contributed by atoms with Gasteiger partial charge in [0.05, 0.1) is 18.6 Å². The minimum absolute atomic E-state index is 0.0208. The molecule has 170 valence electrons. The van der Waals surface area contributed by atoms with Crippen molar-refractivity contribution in [3.05, 3.63) is 59.2 Å². The molecular weight excluding hydrogens is 402 g/mol. The van der Waals surface area contributed by atoms with Crippen molar-refractivity contribution in [2.75, 3.05) is 19.7 Å². The SMILES string of the molecule is CCCCCCOc1ccc(C(=O)N2CCC3(CC2)CC(=O)c2cc(C)ccc2O3)cc1. The molecule has 1 fully saturated rings. The minimum Gasteiger partial charge on any atom is -0.494 e. The van der Waals surface area contributed by atoms with Crippen molar-refractivity contribution in [2.24, 2.45) is 0 Å². The number of Topliss-reactive ketones (excluding diaryl/α,β-unsaturated/α-hetero) is 1. The van der Waals surface area contributed by atoms with Crippen molar-refractivity contribution < 1.29 is 19.1 Å². The van der Waals surface area contributed by atoms with Crippen LogP contribution in [0.4, 0.5) is 0 Å². The Bertz CT molecular complexity index is 958. The molecule has 0 unspecified atom stereocenters. The number of hydrogen-bond acceptors (Lipinski definition) is 4. The maximum Gasteiger partial charge on any atom is 0.253 e. The van der Waals surface area contributed by atoms with Crippen LogP contribution < -0.4 is 9.47 Å². The van der Waals surface area contributed by atoms with E-state index in [1.165, 1.54) is 19.3 Å². The Morgan fingerprint density at radius 3 is 2.53 bits per heavy atom. The van der Waals surface area contributed by atoms with Crippen LogP contribution in [0.15, 0.2) is 42.5 Å². The molecule has 0 aromatic heterocycles. The lowest BCUT2D eigenvalue weighted by Crippen LogP contribution is -2.52. The van der Waals surface area contributed by atoms with Crippen LogP contribution in [0.1, 0.15) is 78.1 Å². The molecule has 2 aliphatic heterocycles. The summed E-state index contributed by atoms with van der Waals surface area (Å²) < 4.78 is 12.1. The monoisotopic (exact) mass is 435 g/mol. The fourth-order valence-electron chi connectivity index (χ4n) is 4.60. The third-order valence-electron chi connectivity index (χ3n) is 6.57. The lowest BCUT2D eigenvalue weighted by Gasteiger charge is -2.44. The molecule has 1 saturated heterocycles. The zero-order valence-electron chi connectivity index (χ0n) is 19.2. The summed E-state index contributed by atoms with van der Waals surface area (Å²) in [5, 5.41) is 0. The highest BCUT2D eigenvalue weighted by molar-refractivity contribution is 6.00. The van der Waals surface area contributed by atoms with E-state index in [2.05, 4.69) is 6.92 Å². The van der Waals surface area contributed by atoms with Crippen molar-refractivity contribution in [2.45, 2.75) is 64.4 Å². The van der Waals surface area contributed by atoms with Gasteiger partial charge in [-0.05, 0) is 49.7 Å². The number of ether oxygens (including phenoxy) is 2. The molecule has 4 rings (SSSR count). The molecule has 32 heavy (non-hydrogen) atoms. The second kappa shape index (κ2) is 9.76. The average molecular weight is 436 g/mol. The molecule has 5 nitrogen and oxygen atoms in total. The summed E-state index contributed by atoms with van der Waals surface area (Å²) in [6.07, 6.45) is 6.40. The lowest BCUT2D eigenvalue weighted by molar-refractivity contribution is -0.00572. The first kappa shape index (κ1) is 22.4. The molecule has 2 aromatic rings. The number of ketones is 1. The zero-order chi connectivity index (χ0) is 22.6. The average Bonchev–Trinajstić information content (AvgIpc) is 2.80. The summed E-state index contributed by atoms with van der Waals surface area (Å²) in [6.45, 7) is 6.06. The Labute approximate surface area is 190 Å². The maximum absolute atomic E-state index is 13.0. The number of piperidine rings is 1. The first-order chi connectivity index (χ1) is 15.5. The van der Waals surface area contributed by atoms with E-state index in [4.69, 9.17) is 9.47 Å². The molecule has 1 spiro atoms. The Hall–Kier alpha value is -2.82. The van der Waals surface area contributed by atoms with E-state index < -0.39 is 5.60 Å². The fourth-order valence-corrected chi connectivity index (χ4v) is 4.60. The number of fused-ring (bicyclic) bond motifs is 1. The molecule has 0 atom stereocenters. The van der Waals surface area contributed by atoms with Crippen LogP contribution >= 0.6 is 0 Å². The van der Waals surface area contributed by atoms with Gasteiger partial charge in [-0.25, -0.2) is 0 Å². The Kier molecular flexibility index (Phi) is 6.83. The predicted octanol–water partition coefficient (Wildman–Crippen LogP) is 5.59. The van der Waals surface area contributed by atoms with Gasteiger partial charge < -0.3 is 14.4 Å². The first-order valence-corrected chi connectivity index (χ1v) is 11.8. The van der Waals surface area contributed by atoms with E-state index >= 15 is 0 Å². The molecule has 0 aliphatic carbocycles. The lowest BCUT2D eigenvalue weighted by atomic mass is 9.82. The van der Waals surface area contributed by atoms with E-state index in [0.29, 0.717) is 55.8 Å². The van der Waals surface area contributed by atoms with Crippen molar-refractivity contribution in [1.29, 1.82) is 0 Å². The number of amides is 1. The van der Waals surface area contributed by atoms with Gasteiger partial charge in [0.15, 0.2) is 5.78 Å². The van der Waals surface area contributed by atoms with E-state index in [0.717, 1.165) is 17.7 Å². The number of likely N-dealkylation sites (tertiary alicyclic amines) is 1. The Morgan fingerprint density at radius 2 is 1.81 bits per heavy atom. The van der Waals surface area contributed by atoms with Gasteiger partial charge in [0.1, 0.15) is 17.1 Å². The summed E-state index contributed by atoms with van der Waals surface area (Å²) in [5.41, 5.74) is 1.92. The van der Waals surface area contributed by atoms with Crippen LogP contribution in [0.2, 0.25) is 0 Å². The highest BCUT2D eigenvalue weighted by Crippen LogP contribution is 2.39. The van der Waals surface area contributed by atoms with E-state index in [1.807, 2.05) is 54.3 Å². The number of aryl methyl sites for hydroxylation is 1. The summed E-state index contributed by atoms with van der Waals surface area (Å²) in [6, 6.07) is 13.2. The highest BCUT2D eigenvalue weighted by atomic mass is 16.5. The molecule has 2 aromatic carbocycles. The van der Waals surface area contributed by atoms with E-state index in [9.17, 15) is 9.59 Å². The quantitative estimate of drug-likeness (QED) is 0.532. The topological polar surface area (TPSA) is 55.8 Å². The highest BCUT2D eigenvalue weighted by Gasteiger charge is 2.43. The summed E-state index contributed by atoms with van der Waals surface area (Å²) in [7, 11) is 0. The number of nitrogens with zero attached hydrogens (tertiary/aromatic N) is 1. The second-order valence-corrected chi connectivity index (χ2v) is 9.11. The van der Waals surface area contributed by atoms with Crippen LogP contribution in [-0.2, 0) is 0 Å². The largest absolute Gasteiger partial charge is 0.494 e. The third kappa shape index (κ3) is 4.98. The normalized spacial score (nSPS) is 17.1. The summed E-state index contributed by atoms with van der Waals surface area (Å²) in [4.78, 5) is 27.6. The van der Waals surface area contributed by atoms with Crippen molar-refractivity contribution in [1.82, 2.24) is 4.90 Å². The minimum atomic E-state index is -0.494. The van der Waals surface area contributed by atoms with Gasteiger partial charge in [-0.1, -0.05) is 37.8 Å². The predicted molar refractivity (Wildman–Crippen MR) is 125 cm³/mol. The van der Waals surface area contributed by atoms with Crippen LogP contribution in [0.5, 0.6) is 11.5 Å². The summed E-state index contributed by atoms with van der Waals surface area (Å²) >= 11 is 0. The van der Waals surface area contributed by atoms with E-state index in [1.54, 1.807) is 0 Å². The van der Waals surface area contributed by atoms with Crippen LogP contribution in [0, 0.1) is 6.92 Å². The van der Waals surface area contributed by atoms with Crippen molar-refractivity contribution >= 4 is 11.7 Å². The van der Waals surface area contributed by atoms with Crippen LogP contribution in [0.3, 0.4) is 0 Å². The second-order valence-electron chi connectivity index (χ2n) is 9.11. The molecule has 2 aliphatic rings. The fraction of sp³-hybridized carbons (Fsp3) is 0.481. The van der Waals surface area contributed by atoms with Gasteiger partial charge in [-0.2, -0.15) is 0 Å². The molecule has 1 amide bonds. The molecular formula is C27H33NO4. The van der Waals surface area contributed by atoms with Gasteiger partial charge >= 0.3 is 0 Å². The number of carbonyl (C=O) groups excluding carboxylic acids is 2. The standard InChI is InChI=1S/C27H33NO4/c1-3-4-5-6-17-31-22-10-8-21(9-11-22)26(30)28-15-13-27(14-16-28)19-24(29)23-18-20(2)7-12-25(23)32-27/h7-12,18H,3-6,13-17,19H2,1-2H3. The summed E-state index contributed by atoms with van der Waals surface area (Å²) in [5.74, 6) is 1.64. The van der Waals surface area contributed by atoms with Gasteiger partial charge in [-0.3, -0.25) is 9.59 Å². The molecule has 0 N–H and O–H groups in total. The number of rotatable bonds is 7. The molecule has 2 heterocycles. The zero-order valence-corrected chi connectivity index (χ0v) is 19.2. The maximum atomic E-state index is 13.0. The van der Waals surface area contributed by atoms with E-state index in [-0.39, 0.29) is 11.7 Å². The van der Waals surface area contributed by atoms with Crippen LogP contribution in [-0.4, -0.2) is 41.9 Å². The number of benzene rings is 2. The molecule has 0 saturated carbocycles. The molecule has 5 heteroatoms. The van der Waals surface area contributed by atoms with Crippen molar-refractivity contribution in [3.63, 3.8) is 0 Å². The number of carbonyl (C=O) groups is 2. The molecule has 0 bridgehead atoms. The van der Waals surface area contributed by atoms with Gasteiger partial charge in [0.2, 0.25) is 0 Å². The number of unbranched alkanes of at least 4 members (excludes halogenated alkanes) is 3. The first-order valence-electron chi connectivity index (χ1n) is 11.8. The molecule has 0 radical (unpaired) electrons. The van der Waals surface area contributed by atoms with Gasteiger partial charge in [0.25, 0.3) is 5.91 Å². The Balaban J connectivity index is 1.32.